The summed E-state index contributed by atoms with van der Waals surface area (Å²) in [6.45, 7) is 0. The molecule has 110 valence electrons. The fraction of sp³-hybridized carbons (Fsp3) is 0.438. The first-order valence-corrected chi connectivity index (χ1v) is 8.69. The summed E-state index contributed by atoms with van der Waals surface area (Å²) < 4.78 is 29.8. The lowest BCUT2D eigenvalue weighted by atomic mass is 9.92. The van der Waals surface area contributed by atoms with Gasteiger partial charge in [0, 0.05) is 0 Å². The summed E-state index contributed by atoms with van der Waals surface area (Å²) in [5.74, 6) is 0.537. The van der Waals surface area contributed by atoms with E-state index >= 15 is 0 Å². The van der Waals surface area contributed by atoms with Gasteiger partial charge < -0.3 is 4.74 Å². The van der Waals surface area contributed by atoms with Crippen LogP contribution in [0.1, 0.15) is 36.8 Å². The van der Waals surface area contributed by atoms with Crippen molar-refractivity contribution in [2.24, 2.45) is 0 Å². The molecule has 1 aromatic rings. The Bertz CT molecular complexity index is 743. The minimum Gasteiger partial charge on any atom is -0.495 e. The van der Waals surface area contributed by atoms with Gasteiger partial charge >= 0.3 is 0 Å². The second kappa shape index (κ2) is 5.19. The van der Waals surface area contributed by atoms with Crippen molar-refractivity contribution < 1.29 is 13.2 Å². The molecule has 2 aliphatic rings. The Balaban J connectivity index is 2.02. The van der Waals surface area contributed by atoms with Crippen LogP contribution in [0.5, 0.6) is 5.75 Å². The van der Waals surface area contributed by atoms with E-state index in [0.717, 1.165) is 30.4 Å². The van der Waals surface area contributed by atoms with Gasteiger partial charge in [0.15, 0.2) is 9.84 Å². The molecule has 0 aromatic heterocycles. The molecule has 2 unspecified atom stereocenters. The van der Waals surface area contributed by atoms with Crippen molar-refractivity contribution in [3.63, 3.8) is 0 Å². The molecular formula is C16H17NO3S. The summed E-state index contributed by atoms with van der Waals surface area (Å²) in [6.07, 6.45) is 4.91. The number of sulfone groups is 1. The third kappa shape index (κ3) is 2.34. The molecule has 2 atom stereocenters. The van der Waals surface area contributed by atoms with Crippen LogP contribution >= 0.6 is 0 Å². The standard InChI is InChI=1S/C16H17NO3S/c1-20-16-9-11(5-6-12(16)10-17)13-7-14-3-2-4-15(8-13)21(14,18)19/h5-7,9,14-15H,2-4,8H2,1H3. The van der Waals surface area contributed by atoms with Crippen molar-refractivity contribution in [2.45, 2.75) is 36.2 Å². The number of benzene rings is 1. The predicted molar refractivity (Wildman–Crippen MR) is 80.6 cm³/mol. The second-order valence-electron chi connectivity index (χ2n) is 5.60. The fourth-order valence-electron chi connectivity index (χ4n) is 3.25. The minimum absolute atomic E-state index is 0.252. The third-order valence-electron chi connectivity index (χ3n) is 4.43. The molecule has 0 spiro atoms. The first-order chi connectivity index (χ1) is 10.1. The van der Waals surface area contributed by atoms with Crippen LogP contribution in [0.2, 0.25) is 0 Å². The van der Waals surface area contributed by atoms with E-state index in [1.54, 1.807) is 6.07 Å². The zero-order valence-electron chi connectivity index (χ0n) is 11.9. The summed E-state index contributed by atoms with van der Waals surface area (Å²) in [5.41, 5.74) is 2.51. The predicted octanol–water partition coefficient (Wildman–Crippen LogP) is 2.69. The lowest BCUT2D eigenvalue weighted by molar-refractivity contribution is 0.413. The molecule has 2 aliphatic heterocycles. The van der Waals surface area contributed by atoms with Crippen LogP contribution in [0, 0.1) is 11.3 Å². The van der Waals surface area contributed by atoms with Crippen molar-refractivity contribution in [1.29, 1.82) is 5.26 Å². The average molecular weight is 303 g/mol. The number of fused-ring (bicyclic) bond motifs is 2. The van der Waals surface area contributed by atoms with Gasteiger partial charge in [-0.1, -0.05) is 18.6 Å². The Morgan fingerprint density at radius 1 is 1.33 bits per heavy atom. The van der Waals surface area contributed by atoms with E-state index in [-0.39, 0.29) is 10.5 Å². The van der Waals surface area contributed by atoms with Crippen LogP contribution in [0.3, 0.4) is 0 Å². The van der Waals surface area contributed by atoms with Crippen LogP contribution in [0.25, 0.3) is 5.57 Å². The Morgan fingerprint density at radius 2 is 2.14 bits per heavy atom. The van der Waals surface area contributed by atoms with Gasteiger partial charge in [-0.25, -0.2) is 8.42 Å². The van der Waals surface area contributed by atoms with Gasteiger partial charge in [-0.15, -0.1) is 0 Å². The molecule has 0 amide bonds. The monoisotopic (exact) mass is 303 g/mol. The number of rotatable bonds is 2. The molecule has 2 bridgehead atoms. The van der Waals surface area contributed by atoms with E-state index in [2.05, 4.69) is 6.07 Å². The second-order valence-corrected chi connectivity index (χ2v) is 8.05. The van der Waals surface area contributed by atoms with Crippen LogP contribution in [-0.2, 0) is 9.84 Å². The summed E-state index contributed by atoms with van der Waals surface area (Å²) >= 11 is 0. The van der Waals surface area contributed by atoms with Gasteiger partial charge in [0.2, 0.25) is 0 Å². The molecule has 0 radical (unpaired) electrons. The number of hydrogen-bond donors (Lipinski definition) is 0. The number of hydrogen-bond acceptors (Lipinski definition) is 4. The van der Waals surface area contributed by atoms with E-state index in [1.165, 1.54) is 7.11 Å². The van der Waals surface area contributed by atoms with Crippen molar-refractivity contribution in [2.75, 3.05) is 7.11 Å². The number of ether oxygens (including phenoxy) is 1. The molecule has 1 fully saturated rings. The molecule has 1 saturated heterocycles. The maximum Gasteiger partial charge on any atom is 0.159 e. The lowest BCUT2D eigenvalue weighted by Gasteiger charge is -2.33. The molecule has 0 aliphatic carbocycles. The zero-order valence-corrected chi connectivity index (χ0v) is 12.7. The molecule has 0 saturated carbocycles. The van der Waals surface area contributed by atoms with Crippen molar-refractivity contribution in [1.82, 2.24) is 0 Å². The van der Waals surface area contributed by atoms with Crippen molar-refractivity contribution in [3.05, 3.63) is 35.4 Å². The zero-order chi connectivity index (χ0) is 15.0. The SMILES string of the molecule is COc1cc(C2=CC3CCCC(C2)S3(=O)=O)ccc1C#N. The highest BCUT2D eigenvalue weighted by Gasteiger charge is 2.40. The number of nitrogens with zero attached hydrogens (tertiary/aromatic N) is 1. The van der Waals surface area contributed by atoms with Gasteiger partial charge in [-0.05, 0) is 42.5 Å². The quantitative estimate of drug-likeness (QED) is 0.842. The van der Waals surface area contributed by atoms with Gasteiger partial charge in [0.1, 0.15) is 11.8 Å². The van der Waals surface area contributed by atoms with Crippen LogP contribution in [0.15, 0.2) is 24.3 Å². The summed E-state index contributed by atoms with van der Waals surface area (Å²) in [5, 5.41) is 8.43. The van der Waals surface area contributed by atoms with Crippen LogP contribution in [-0.4, -0.2) is 26.0 Å². The number of methoxy groups -OCH3 is 1. The molecule has 0 N–H and O–H groups in total. The fourth-order valence-corrected chi connectivity index (χ4v) is 5.50. The lowest BCUT2D eigenvalue weighted by Crippen LogP contribution is -2.38. The Hall–Kier alpha value is -1.80. The normalized spacial score (nSPS) is 26.6. The largest absolute Gasteiger partial charge is 0.495 e. The molecule has 3 rings (SSSR count). The van der Waals surface area contributed by atoms with E-state index in [1.807, 2.05) is 18.2 Å². The summed E-state index contributed by atoms with van der Waals surface area (Å²) in [7, 11) is -1.46. The Morgan fingerprint density at radius 3 is 2.81 bits per heavy atom. The van der Waals surface area contributed by atoms with Gasteiger partial charge in [0.05, 0.1) is 23.2 Å². The first-order valence-electron chi connectivity index (χ1n) is 7.08. The molecule has 2 heterocycles. The highest BCUT2D eigenvalue weighted by atomic mass is 32.2. The first kappa shape index (κ1) is 14.2. The smallest absolute Gasteiger partial charge is 0.159 e. The third-order valence-corrected chi connectivity index (χ3v) is 6.98. The van der Waals surface area contributed by atoms with Crippen LogP contribution < -0.4 is 4.74 Å². The Labute approximate surface area is 125 Å². The van der Waals surface area contributed by atoms with Gasteiger partial charge in [-0.3, -0.25) is 0 Å². The molecule has 21 heavy (non-hydrogen) atoms. The highest BCUT2D eigenvalue weighted by Crippen LogP contribution is 2.39. The van der Waals surface area contributed by atoms with Crippen LogP contribution in [0.4, 0.5) is 0 Å². The molecule has 4 nitrogen and oxygen atoms in total. The summed E-state index contributed by atoms with van der Waals surface area (Å²) in [6, 6.07) is 7.53. The molecular weight excluding hydrogens is 286 g/mol. The van der Waals surface area contributed by atoms with E-state index in [0.29, 0.717) is 17.7 Å². The highest BCUT2D eigenvalue weighted by molar-refractivity contribution is 7.93. The maximum atomic E-state index is 12.3. The number of nitriles is 1. The maximum absolute atomic E-state index is 12.3. The van der Waals surface area contributed by atoms with Crippen molar-refractivity contribution in [3.8, 4) is 11.8 Å². The van der Waals surface area contributed by atoms with E-state index in [4.69, 9.17) is 10.00 Å². The molecule has 1 aromatic carbocycles. The topological polar surface area (TPSA) is 67.2 Å². The summed E-state index contributed by atoms with van der Waals surface area (Å²) in [4.78, 5) is 0. The average Bonchev–Trinajstić information content (AvgIpc) is 2.45. The van der Waals surface area contributed by atoms with Gasteiger partial charge in [0.25, 0.3) is 0 Å². The van der Waals surface area contributed by atoms with Gasteiger partial charge in [-0.2, -0.15) is 5.26 Å². The molecule has 5 heteroatoms. The van der Waals surface area contributed by atoms with E-state index in [9.17, 15) is 8.42 Å². The number of allylic oxidation sites excluding steroid dienone is 1. The Kier molecular flexibility index (Phi) is 3.50. The van der Waals surface area contributed by atoms with E-state index < -0.39 is 9.84 Å². The minimum atomic E-state index is -2.99. The van der Waals surface area contributed by atoms with Crippen molar-refractivity contribution >= 4 is 15.4 Å².